The summed E-state index contributed by atoms with van der Waals surface area (Å²) in [5.41, 5.74) is 0.341. The highest BCUT2D eigenvalue weighted by molar-refractivity contribution is 5.81. The van der Waals surface area contributed by atoms with Crippen LogP contribution in [0.4, 0.5) is 13.2 Å². The lowest BCUT2D eigenvalue weighted by molar-refractivity contribution is -0.142. The predicted octanol–water partition coefficient (Wildman–Crippen LogP) is 1.95. The van der Waals surface area contributed by atoms with Gasteiger partial charge in [-0.25, -0.2) is 0 Å². The first-order valence-corrected chi connectivity index (χ1v) is 5.91. The second kappa shape index (κ2) is 6.96. The highest BCUT2D eigenvalue weighted by Crippen LogP contribution is 2.28. The number of alkyl halides is 3. The van der Waals surface area contributed by atoms with Crippen LogP contribution in [0.1, 0.15) is 17.3 Å². The van der Waals surface area contributed by atoms with Crippen molar-refractivity contribution in [3.8, 4) is 11.5 Å². The highest BCUT2D eigenvalue weighted by Gasteiger charge is 2.29. The van der Waals surface area contributed by atoms with Crippen LogP contribution >= 0.6 is 0 Å². The van der Waals surface area contributed by atoms with E-state index in [0.29, 0.717) is 11.8 Å². The molecule has 1 rings (SSSR count). The predicted molar refractivity (Wildman–Crippen MR) is 67.5 cm³/mol. The lowest BCUT2D eigenvalue weighted by Crippen LogP contribution is -2.41. The number of methoxy groups -OCH3 is 1. The minimum Gasteiger partial charge on any atom is -0.493 e. The topological polar surface area (TPSA) is 64.6 Å². The van der Waals surface area contributed by atoms with Gasteiger partial charge in [0.05, 0.1) is 7.11 Å². The van der Waals surface area contributed by atoms with E-state index in [1.54, 1.807) is 5.32 Å². The van der Waals surface area contributed by atoms with Crippen LogP contribution in [0.25, 0.3) is 0 Å². The summed E-state index contributed by atoms with van der Waals surface area (Å²) in [7, 11) is 1.34. The molecular weight excluding hydrogens is 291 g/mol. The molecule has 0 aliphatic rings. The van der Waals surface area contributed by atoms with Crippen LogP contribution in [0.3, 0.4) is 0 Å². The van der Waals surface area contributed by atoms with Gasteiger partial charge in [0.15, 0.2) is 17.6 Å². The van der Waals surface area contributed by atoms with E-state index in [-0.39, 0.29) is 11.5 Å². The van der Waals surface area contributed by atoms with Crippen molar-refractivity contribution in [2.24, 2.45) is 0 Å². The Morgan fingerprint density at radius 1 is 1.38 bits per heavy atom. The van der Waals surface area contributed by atoms with Crippen molar-refractivity contribution in [2.45, 2.75) is 19.2 Å². The third-order valence-corrected chi connectivity index (χ3v) is 2.46. The molecule has 1 aromatic rings. The van der Waals surface area contributed by atoms with Gasteiger partial charge in [-0.1, -0.05) is 0 Å². The Hall–Kier alpha value is -2.25. The summed E-state index contributed by atoms with van der Waals surface area (Å²) in [5, 5.41) is 1.72. The number of carbonyl (C=O) groups excluding carboxylic acids is 2. The third-order valence-electron chi connectivity index (χ3n) is 2.46. The molecular formula is C13H14F3NO4. The van der Waals surface area contributed by atoms with E-state index in [4.69, 9.17) is 9.47 Å². The smallest absolute Gasteiger partial charge is 0.405 e. The SMILES string of the molecule is COc1cc(C=O)ccc1OC(C)C(=O)NCC(F)(F)F. The van der Waals surface area contributed by atoms with E-state index in [1.807, 2.05) is 0 Å². The first kappa shape index (κ1) is 16.8. The standard InChI is InChI=1S/C13H14F3NO4/c1-8(12(19)17-7-13(14,15)16)21-10-4-3-9(6-18)5-11(10)20-2/h3-6,8H,7H2,1-2H3,(H,17,19). The summed E-state index contributed by atoms with van der Waals surface area (Å²) in [6, 6.07) is 4.23. The molecule has 0 bridgehead atoms. The van der Waals surface area contributed by atoms with E-state index < -0.39 is 24.7 Å². The van der Waals surface area contributed by atoms with E-state index in [2.05, 4.69) is 0 Å². The summed E-state index contributed by atoms with van der Waals surface area (Å²) in [4.78, 5) is 22.1. The van der Waals surface area contributed by atoms with Gasteiger partial charge < -0.3 is 14.8 Å². The first-order valence-electron chi connectivity index (χ1n) is 5.91. The normalized spacial score (nSPS) is 12.4. The molecule has 0 aromatic heterocycles. The number of rotatable bonds is 6. The van der Waals surface area contributed by atoms with Crippen molar-refractivity contribution < 1.29 is 32.2 Å². The second-order valence-electron chi connectivity index (χ2n) is 4.12. The van der Waals surface area contributed by atoms with Crippen LogP contribution in [-0.4, -0.2) is 38.1 Å². The van der Waals surface area contributed by atoms with Crippen molar-refractivity contribution in [1.29, 1.82) is 0 Å². The van der Waals surface area contributed by atoms with Crippen molar-refractivity contribution in [2.75, 3.05) is 13.7 Å². The Bertz CT molecular complexity index is 517. The molecule has 1 unspecified atom stereocenters. The maximum absolute atomic E-state index is 12.0. The van der Waals surface area contributed by atoms with Gasteiger partial charge in [-0.2, -0.15) is 13.2 Å². The summed E-state index contributed by atoms with van der Waals surface area (Å²) in [6.45, 7) is -0.125. The number of benzene rings is 1. The average molecular weight is 305 g/mol. The number of hydrogen-bond acceptors (Lipinski definition) is 4. The zero-order chi connectivity index (χ0) is 16.0. The minimum absolute atomic E-state index is 0.151. The van der Waals surface area contributed by atoms with Crippen LogP contribution in [0.5, 0.6) is 11.5 Å². The molecule has 0 aliphatic heterocycles. The second-order valence-corrected chi connectivity index (χ2v) is 4.12. The fourth-order valence-electron chi connectivity index (χ4n) is 1.43. The molecule has 0 spiro atoms. The van der Waals surface area contributed by atoms with Crippen LogP contribution in [-0.2, 0) is 4.79 Å². The molecule has 1 atom stereocenters. The first-order chi connectivity index (χ1) is 9.76. The number of hydrogen-bond donors (Lipinski definition) is 1. The zero-order valence-corrected chi connectivity index (χ0v) is 11.4. The van der Waals surface area contributed by atoms with Gasteiger partial charge in [-0.3, -0.25) is 9.59 Å². The van der Waals surface area contributed by atoms with Crippen LogP contribution in [0.15, 0.2) is 18.2 Å². The van der Waals surface area contributed by atoms with E-state index in [1.165, 1.54) is 32.2 Å². The number of aldehydes is 1. The number of ether oxygens (including phenoxy) is 2. The zero-order valence-electron chi connectivity index (χ0n) is 11.4. The molecule has 8 heteroatoms. The van der Waals surface area contributed by atoms with Crippen LogP contribution in [0.2, 0.25) is 0 Å². The number of carbonyl (C=O) groups is 2. The van der Waals surface area contributed by atoms with Gasteiger partial charge in [0.2, 0.25) is 0 Å². The molecule has 1 aromatic carbocycles. The van der Waals surface area contributed by atoms with Crippen molar-refractivity contribution in [3.05, 3.63) is 23.8 Å². The Labute approximate surface area is 119 Å². The monoisotopic (exact) mass is 305 g/mol. The van der Waals surface area contributed by atoms with Crippen LogP contribution in [0, 0.1) is 0 Å². The number of amides is 1. The van der Waals surface area contributed by atoms with Gasteiger partial charge in [0, 0.05) is 5.56 Å². The van der Waals surface area contributed by atoms with Crippen LogP contribution < -0.4 is 14.8 Å². The highest BCUT2D eigenvalue weighted by atomic mass is 19.4. The molecule has 1 N–H and O–H groups in total. The Morgan fingerprint density at radius 2 is 2.05 bits per heavy atom. The van der Waals surface area contributed by atoms with Crippen molar-refractivity contribution in [3.63, 3.8) is 0 Å². The van der Waals surface area contributed by atoms with Gasteiger partial charge in [0.25, 0.3) is 5.91 Å². The molecule has 0 saturated heterocycles. The quantitative estimate of drug-likeness (QED) is 0.816. The summed E-state index contributed by atoms with van der Waals surface area (Å²) >= 11 is 0. The van der Waals surface area contributed by atoms with Gasteiger partial charge in [-0.05, 0) is 25.1 Å². The molecule has 21 heavy (non-hydrogen) atoms. The Morgan fingerprint density at radius 3 is 2.57 bits per heavy atom. The molecule has 5 nitrogen and oxygen atoms in total. The molecule has 1 amide bonds. The van der Waals surface area contributed by atoms with E-state index in [0.717, 1.165) is 0 Å². The molecule has 0 saturated carbocycles. The van der Waals surface area contributed by atoms with Gasteiger partial charge in [0.1, 0.15) is 12.8 Å². The van der Waals surface area contributed by atoms with Crippen molar-refractivity contribution in [1.82, 2.24) is 5.32 Å². The van der Waals surface area contributed by atoms with E-state index in [9.17, 15) is 22.8 Å². The minimum atomic E-state index is -4.49. The average Bonchev–Trinajstić information content (AvgIpc) is 2.44. The van der Waals surface area contributed by atoms with Gasteiger partial charge >= 0.3 is 6.18 Å². The van der Waals surface area contributed by atoms with Crippen molar-refractivity contribution >= 4 is 12.2 Å². The molecule has 0 fully saturated rings. The van der Waals surface area contributed by atoms with Gasteiger partial charge in [-0.15, -0.1) is 0 Å². The third kappa shape index (κ3) is 5.33. The molecule has 0 radical (unpaired) electrons. The number of nitrogens with one attached hydrogen (secondary N) is 1. The summed E-state index contributed by atoms with van der Waals surface area (Å²) < 4.78 is 46.2. The lowest BCUT2D eigenvalue weighted by Gasteiger charge is -2.17. The molecule has 0 heterocycles. The maximum Gasteiger partial charge on any atom is 0.405 e. The fraction of sp³-hybridized carbons (Fsp3) is 0.385. The molecule has 0 aliphatic carbocycles. The molecule has 116 valence electrons. The largest absolute Gasteiger partial charge is 0.493 e. The summed E-state index contributed by atoms with van der Waals surface area (Å²) in [6.07, 6.45) is -5.03. The van der Waals surface area contributed by atoms with E-state index >= 15 is 0 Å². The Balaban J connectivity index is 2.72. The lowest BCUT2D eigenvalue weighted by atomic mass is 10.2. The fourth-order valence-corrected chi connectivity index (χ4v) is 1.43. The number of halogens is 3. The Kier molecular flexibility index (Phi) is 5.57. The summed E-state index contributed by atoms with van der Waals surface area (Å²) in [5.74, 6) is -0.554. The maximum atomic E-state index is 12.0.